The van der Waals surface area contributed by atoms with E-state index in [1.807, 2.05) is 0 Å². The van der Waals surface area contributed by atoms with Crippen molar-refractivity contribution in [2.24, 2.45) is 5.92 Å². The molecule has 0 unspecified atom stereocenters. The van der Waals surface area contributed by atoms with Gasteiger partial charge in [0.15, 0.2) is 0 Å². The van der Waals surface area contributed by atoms with Crippen LogP contribution in [0.3, 0.4) is 0 Å². The summed E-state index contributed by atoms with van der Waals surface area (Å²) in [6, 6.07) is 0.364. The molecule has 0 aromatic carbocycles. The molecule has 3 atom stereocenters. The Morgan fingerprint density at radius 3 is 2.71 bits per heavy atom. The van der Waals surface area contributed by atoms with Crippen molar-refractivity contribution < 1.29 is 5.11 Å². The third kappa shape index (κ3) is 3.97. The number of rotatable bonds is 5. The molecular weight excluding hydrogens is 174 g/mol. The molecule has 0 radical (unpaired) electrons. The highest BCUT2D eigenvalue weighted by Gasteiger charge is 2.22. The topological polar surface area (TPSA) is 32.3 Å². The Kier molecular flexibility index (Phi) is 5.49. The van der Waals surface area contributed by atoms with Gasteiger partial charge in [-0.1, -0.05) is 33.1 Å². The van der Waals surface area contributed by atoms with Crippen LogP contribution in [0, 0.1) is 5.92 Å². The minimum absolute atomic E-state index is 0.0995. The number of hydrogen-bond donors (Lipinski definition) is 2. The maximum atomic E-state index is 9.75. The first kappa shape index (κ1) is 12.0. The summed E-state index contributed by atoms with van der Waals surface area (Å²) < 4.78 is 0. The van der Waals surface area contributed by atoms with Crippen LogP contribution in [0.5, 0.6) is 0 Å². The molecule has 2 N–H and O–H groups in total. The van der Waals surface area contributed by atoms with Crippen molar-refractivity contribution in [2.45, 2.75) is 64.5 Å². The summed E-state index contributed by atoms with van der Waals surface area (Å²) in [6.45, 7) is 5.58. The van der Waals surface area contributed by atoms with E-state index in [0.717, 1.165) is 25.3 Å². The zero-order chi connectivity index (χ0) is 10.4. The van der Waals surface area contributed by atoms with Crippen LogP contribution in [-0.2, 0) is 0 Å². The normalized spacial score (nSPS) is 30.2. The molecule has 1 aliphatic rings. The minimum atomic E-state index is -0.0995. The zero-order valence-electron chi connectivity index (χ0n) is 9.63. The van der Waals surface area contributed by atoms with Gasteiger partial charge in [-0.25, -0.2) is 0 Å². The minimum Gasteiger partial charge on any atom is -0.392 e. The van der Waals surface area contributed by atoms with E-state index in [2.05, 4.69) is 19.2 Å². The summed E-state index contributed by atoms with van der Waals surface area (Å²) in [5.74, 6) is 0.745. The standard InChI is InChI=1S/C12H25NO/c1-3-6-10(2)9-13-11-7-4-5-8-12(11)14/h10-14H,3-9H2,1-2H3/t10-,11+,12+/m0/s1. The summed E-state index contributed by atoms with van der Waals surface area (Å²) in [7, 11) is 0. The molecular formula is C12H25NO. The van der Waals surface area contributed by atoms with Crippen LogP contribution in [0.25, 0.3) is 0 Å². The second-order valence-corrected chi connectivity index (χ2v) is 4.76. The van der Waals surface area contributed by atoms with Crippen molar-refractivity contribution >= 4 is 0 Å². The molecule has 1 rings (SSSR count). The van der Waals surface area contributed by atoms with Gasteiger partial charge < -0.3 is 10.4 Å². The maximum Gasteiger partial charge on any atom is 0.0693 e. The Bertz CT molecular complexity index is 149. The molecule has 1 aliphatic carbocycles. The van der Waals surface area contributed by atoms with Gasteiger partial charge in [0.05, 0.1) is 6.10 Å². The van der Waals surface area contributed by atoms with E-state index in [1.54, 1.807) is 0 Å². The van der Waals surface area contributed by atoms with E-state index in [-0.39, 0.29) is 6.10 Å². The van der Waals surface area contributed by atoms with Gasteiger partial charge in [-0.05, 0) is 31.7 Å². The third-order valence-corrected chi connectivity index (χ3v) is 3.24. The maximum absolute atomic E-state index is 9.75. The quantitative estimate of drug-likeness (QED) is 0.712. The van der Waals surface area contributed by atoms with E-state index >= 15 is 0 Å². The summed E-state index contributed by atoms with van der Waals surface area (Å²) in [5.41, 5.74) is 0. The van der Waals surface area contributed by atoms with E-state index in [9.17, 15) is 5.11 Å². The SMILES string of the molecule is CCC[C@H](C)CN[C@@H]1CCCC[C@H]1O. The van der Waals surface area contributed by atoms with Crippen LogP contribution in [-0.4, -0.2) is 23.8 Å². The van der Waals surface area contributed by atoms with Crippen molar-refractivity contribution in [2.75, 3.05) is 6.54 Å². The molecule has 0 aromatic rings. The molecule has 14 heavy (non-hydrogen) atoms. The Labute approximate surface area is 88.1 Å². The predicted molar refractivity (Wildman–Crippen MR) is 60.3 cm³/mol. The van der Waals surface area contributed by atoms with Gasteiger partial charge >= 0.3 is 0 Å². The fourth-order valence-electron chi connectivity index (χ4n) is 2.30. The first-order valence-corrected chi connectivity index (χ1v) is 6.15. The van der Waals surface area contributed by atoms with E-state index < -0.39 is 0 Å². The molecule has 0 saturated heterocycles. The van der Waals surface area contributed by atoms with Gasteiger partial charge in [-0.2, -0.15) is 0 Å². The van der Waals surface area contributed by atoms with Crippen LogP contribution < -0.4 is 5.32 Å². The van der Waals surface area contributed by atoms with Gasteiger partial charge in [0.1, 0.15) is 0 Å². The monoisotopic (exact) mass is 199 g/mol. The first-order chi connectivity index (χ1) is 6.74. The molecule has 1 fully saturated rings. The molecule has 0 aromatic heterocycles. The van der Waals surface area contributed by atoms with Crippen LogP contribution in [0.15, 0.2) is 0 Å². The van der Waals surface area contributed by atoms with Gasteiger partial charge in [0, 0.05) is 6.04 Å². The number of aliphatic hydroxyl groups excluding tert-OH is 1. The van der Waals surface area contributed by atoms with Crippen LogP contribution >= 0.6 is 0 Å². The molecule has 2 heteroatoms. The second kappa shape index (κ2) is 6.41. The predicted octanol–water partition coefficient (Wildman–Crippen LogP) is 2.32. The molecule has 0 spiro atoms. The lowest BCUT2D eigenvalue weighted by atomic mass is 9.92. The molecule has 0 bridgehead atoms. The Hall–Kier alpha value is -0.0800. The van der Waals surface area contributed by atoms with Crippen molar-refractivity contribution in [3.05, 3.63) is 0 Å². The van der Waals surface area contributed by atoms with Gasteiger partial charge in [-0.3, -0.25) is 0 Å². The van der Waals surface area contributed by atoms with Crippen molar-refractivity contribution in [3.8, 4) is 0 Å². The fraction of sp³-hybridized carbons (Fsp3) is 1.00. The van der Waals surface area contributed by atoms with E-state index in [4.69, 9.17) is 0 Å². The molecule has 84 valence electrons. The summed E-state index contributed by atoms with van der Waals surface area (Å²) in [5, 5.41) is 13.3. The number of aliphatic hydroxyl groups is 1. The molecule has 1 saturated carbocycles. The Morgan fingerprint density at radius 2 is 2.07 bits per heavy atom. The van der Waals surface area contributed by atoms with E-state index in [0.29, 0.717) is 6.04 Å². The lowest BCUT2D eigenvalue weighted by Crippen LogP contribution is -2.43. The van der Waals surface area contributed by atoms with Crippen molar-refractivity contribution in [3.63, 3.8) is 0 Å². The van der Waals surface area contributed by atoms with Gasteiger partial charge in [0.25, 0.3) is 0 Å². The van der Waals surface area contributed by atoms with Gasteiger partial charge in [0.2, 0.25) is 0 Å². The van der Waals surface area contributed by atoms with Crippen molar-refractivity contribution in [1.82, 2.24) is 5.32 Å². The zero-order valence-corrected chi connectivity index (χ0v) is 9.63. The van der Waals surface area contributed by atoms with Crippen molar-refractivity contribution in [1.29, 1.82) is 0 Å². The lowest BCUT2D eigenvalue weighted by Gasteiger charge is -2.29. The average molecular weight is 199 g/mol. The lowest BCUT2D eigenvalue weighted by molar-refractivity contribution is 0.0890. The highest BCUT2D eigenvalue weighted by Crippen LogP contribution is 2.18. The second-order valence-electron chi connectivity index (χ2n) is 4.76. The highest BCUT2D eigenvalue weighted by molar-refractivity contribution is 4.80. The summed E-state index contributed by atoms with van der Waals surface area (Å²) >= 11 is 0. The fourth-order valence-corrected chi connectivity index (χ4v) is 2.30. The Morgan fingerprint density at radius 1 is 1.36 bits per heavy atom. The van der Waals surface area contributed by atoms with Gasteiger partial charge in [-0.15, -0.1) is 0 Å². The van der Waals surface area contributed by atoms with Crippen LogP contribution in [0.2, 0.25) is 0 Å². The molecule has 0 aliphatic heterocycles. The van der Waals surface area contributed by atoms with Crippen LogP contribution in [0.1, 0.15) is 52.4 Å². The molecule has 0 amide bonds. The van der Waals surface area contributed by atoms with Crippen LogP contribution in [0.4, 0.5) is 0 Å². The molecule has 2 nitrogen and oxygen atoms in total. The number of hydrogen-bond acceptors (Lipinski definition) is 2. The highest BCUT2D eigenvalue weighted by atomic mass is 16.3. The van der Waals surface area contributed by atoms with E-state index in [1.165, 1.54) is 25.7 Å². The summed E-state index contributed by atoms with van der Waals surface area (Å²) in [4.78, 5) is 0. The third-order valence-electron chi connectivity index (χ3n) is 3.24. The first-order valence-electron chi connectivity index (χ1n) is 6.15. The largest absolute Gasteiger partial charge is 0.392 e. The molecule has 0 heterocycles. The Balaban J connectivity index is 2.15. The smallest absolute Gasteiger partial charge is 0.0693 e. The number of nitrogens with one attached hydrogen (secondary N) is 1. The average Bonchev–Trinajstić information content (AvgIpc) is 2.17. The summed E-state index contributed by atoms with van der Waals surface area (Å²) in [6.07, 6.45) is 7.06.